The predicted octanol–water partition coefficient (Wildman–Crippen LogP) is 5.26. The Morgan fingerprint density at radius 1 is 1.00 bits per heavy atom. The minimum absolute atomic E-state index is 0.0449. The van der Waals surface area contributed by atoms with E-state index in [1.165, 1.54) is 31.2 Å². The fourth-order valence-corrected chi connectivity index (χ4v) is 3.09. The van der Waals surface area contributed by atoms with E-state index in [-0.39, 0.29) is 12.4 Å². The Morgan fingerprint density at radius 2 is 1.64 bits per heavy atom. The smallest absolute Gasteiger partial charge is 0.200 e. The third-order valence-corrected chi connectivity index (χ3v) is 4.49. The summed E-state index contributed by atoms with van der Waals surface area (Å²) in [4.78, 5) is 12.0. The van der Waals surface area contributed by atoms with Crippen molar-refractivity contribution in [1.82, 2.24) is 0 Å². The number of hydrogen-bond acceptors (Lipinski definition) is 2. The molecular weight excluding hydrogens is 296 g/mol. The summed E-state index contributed by atoms with van der Waals surface area (Å²) in [5.41, 5.74) is 2.00. The lowest BCUT2D eigenvalue weighted by Gasteiger charge is -2.11. The standard InChI is InChI=1S/C19H19ClO2/c20-17-9-5-16(6-10-17)19(21)13-22-18-11-7-15(8-12-18)14-3-1-2-4-14/h5-12,14H,1-4,13H2. The van der Waals surface area contributed by atoms with Gasteiger partial charge in [0.2, 0.25) is 0 Å². The van der Waals surface area contributed by atoms with Crippen LogP contribution in [0.4, 0.5) is 0 Å². The Morgan fingerprint density at radius 3 is 2.27 bits per heavy atom. The van der Waals surface area contributed by atoms with Crippen LogP contribution in [0.15, 0.2) is 48.5 Å². The summed E-state index contributed by atoms with van der Waals surface area (Å²) in [6, 6.07) is 15.0. The first-order valence-electron chi connectivity index (χ1n) is 7.74. The van der Waals surface area contributed by atoms with Gasteiger partial charge in [-0.05, 0) is 60.7 Å². The van der Waals surface area contributed by atoms with Crippen molar-refractivity contribution < 1.29 is 9.53 Å². The first-order chi connectivity index (χ1) is 10.7. The van der Waals surface area contributed by atoms with Gasteiger partial charge < -0.3 is 4.74 Å². The minimum atomic E-state index is -0.0449. The SMILES string of the molecule is O=C(COc1ccc(C2CCCC2)cc1)c1ccc(Cl)cc1. The maximum atomic E-state index is 12.0. The third kappa shape index (κ3) is 3.69. The van der Waals surface area contributed by atoms with Gasteiger partial charge in [0.05, 0.1) is 0 Å². The topological polar surface area (TPSA) is 26.3 Å². The summed E-state index contributed by atoms with van der Waals surface area (Å²) in [5, 5.41) is 0.625. The van der Waals surface area contributed by atoms with Crippen LogP contribution in [0.2, 0.25) is 5.02 Å². The van der Waals surface area contributed by atoms with E-state index in [1.807, 2.05) is 12.1 Å². The number of rotatable bonds is 5. The number of carbonyl (C=O) groups excluding carboxylic acids is 1. The van der Waals surface area contributed by atoms with Crippen molar-refractivity contribution in [3.63, 3.8) is 0 Å². The van der Waals surface area contributed by atoms with Crippen molar-refractivity contribution in [2.24, 2.45) is 0 Å². The molecule has 3 rings (SSSR count). The predicted molar refractivity (Wildman–Crippen MR) is 88.9 cm³/mol. The number of benzene rings is 2. The summed E-state index contributed by atoms with van der Waals surface area (Å²) in [5.74, 6) is 1.39. The molecule has 0 unspecified atom stereocenters. The molecule has 114 valence electrons. The van der Waals surface area contributed by atoms with Gasteiger partial charge in [-0.15, -0.1) is 0 Å². The minimum Gasteiger partial charge on any atom is -0.485 e. The molecule has 0 spiro atoms. The molecule has 0 bridgehead atoms. The van der Waals surface area contributed by atoms with Crippen LogP contribution < -0.4 is 4.74 Å². The van der Waals surface area contributed by atoms with Crippen LogP contribution in [0.3, 0.4) is 0 Å². The number of ether oxygens (including phenoxy) is 1. The molecule has 3 heteroatoms. The van der Waals surface area contributed by atoms with Crippen LogP contribution in [-0.4, -0.2) is 12.4 Å². The molecule has 1 aliphatic carbocycles. The zero-order valence-corrected chi connectivity index (χ0v) is 13.2. The van der Waals surface area contributed by atoms with Gasteiger partial charge in [0, 0.05) is 10.6 Å². The van der Waals surface area contributed by atoms with Crippen molar-refractivity contribution in [1.29, 1.82) is 0 Å². The number of ketones is 1. The lowest BCUT2D eigenvalue weighted by Crippen LogP contribution is -2.11. The van der Waals surface area contributed by atoms with Crippen LogP contribution in [0.25, 0.3) is 0 Å². The maximum absolute atomic E-state index is 12.0. The van der Waals surface area contributed by atoms with Crippen LogP contribution in [0.1, 0.15) is 47.5 Å². The van der Waals surface area contributed by atoms with Gasteiger partial charge in [0.25, 0.3) is 0 Å². The van der Waals surface area contributed by atoms with Crippen molar-refractivity contribution in [3.05, 3.63) is 64.7 Å². The average molecular weight is 315 g/mol. The zero-order chi connectivity index (χ0) is 15.4. The number of hydrogen-bond donors (Lipinski definition) is 0. The first-order valence-corrected chi connectivity index (χ1v) is 8.12. The largest absolute Gasteiger partial charge is 0.485 e. The molecule has 2 aromatic carbocycles. The second-order valence-electron chi connectivity index (χ2n) is 5.77. The Bertz CT molecular complexity index is 625. The molecule has 22 heavy (non-hydrogen) atoms. The Hall–Kier alpha value is -1.80. The second kappa shape index (κ2) is 6.97. The Labute approximate surface area is 136 Å². The highest BCUT2D eigenvalue weighted by molar-refractivity contribution is 6.30. The molecule has 0 aromatic heterocycles. The average Bonchev–Trinajstić information content (AvgIpc) is 3.08. The van der Waals surface area contributed by atoms with E-state index in [2.05, 4.69) is 12.1 Å². The van der Waals surface area contributed by atoms with Gasteiger partial charge in [-0.2, -0.15) is 0 Å². The van der Waals surface area contributed by atoms with Gasteiger partial charge in [-0.3, -0.25) is 4.79 Å². The fourth-order valence-electron chi connectivity index (χ4n) is 2.96. The summed E-state index contributed by atoms with van der Waals surface area (Å²) >= 11 is 5.82. The highest BCUT2D eigenvalue weighted by Gasteiger charge is 2.16. The van der Waals surface area contributed by atoms with Crippen LogP contribution in [-0.2, 0) is 0 Å². The Kier molecular flexibility index (Phi) is 4.79. The highest BCUT2D eigenvalue weighted by atomic mass is 35.5. The molecular formula is C19H19ClO2. The van der Waals surface area contributed by atoms with Crippen molar-refractivity contribution in [3.8, 4) is 5.75 Å². The number of Topliss-reactive ketones (excluding diaryl/α,β-unsaturated/α-hetero) is 1. The van der Waals surface area contributed by atoms with Gasteiger partial charge in [0.15, 0.2) is 12.4 Å². The van der Waals surface area contributed by atoms with E-state index in [1.54, 1.807) is 24.3 Å². The van der Waals surface area contributed by atoms with Gasteiger partial charge >= 0.3 is 0 Å². The highest BCUT2D eigenvalue weighted by Crippen LogP contribution is 2.34. The molecule has 0 aliphatic heterocycles. The molecule has 2 nitrogen and oxygen atoms in total. The molecule has 0 N–H and O–H groups in total. The van der Waals surface area contributed by atoms with Crippen molar-refractivity contribution in [2.45, 2.75) is 31.6 Å². The second-order valence-corrected chi connectivity index (χ2v) is 6.21. The monoisotopic (exact) mass is 314 g/mol. The quantitative estimate of drug-likeness (QED) is 0.704. The zero-order valence-electron chi connectivity index (χ0n) is 12.4. The van der Waals surface area contributed by atoms with Gasteiger partial charge in [0.1, 0.15) is 5.75 Å². The molecule has 0 radical (unpaired) electrons. The Balaban J connectivity index is 1.56. The fraction of sp³-hybridized carbons (Fsp3) is 0.316. The van der Waals surface area contributed by atoms with Crippen LogP contribution in [0, 0.1) is 0 Å². The number of halogens is 1. The van der Waals surface area contributed by atoms with Crippen LogP contribution in [0.5, 0.6) is 5.75 Å². The molecule has 0 amide bonds. The van der Waals surface area contributed by atoms with E-state index in [9.17, 15) is 4.79 Å². The van der Waals surface area contributed by atoms with E-state index in [0.29, 0.717) is 16.5 Å². The lowest BCUT2D eigenvalue weighted by atomic mass is 9.98. The third-order valence-electron chi connectivity index (χ3n) is 4.24. The molecule has 2 aromatic rings. The van der Waals surface area contributed by atoms with E-state index >= 15 is 0 Å². The molecule has 0 heterocycles. The van der Waals surface area contributed by atoms with E-state index in [0.717, 1.165) is 5.75 Å². The maximum Gasteiger partial charge on any atom is 0.200 e. The van der Waals surface area contributed by atoms with E-state index < -0.39 is 0 Å². The summed E-state index contributed by atoms with van der Waals surface area (Å²) in [6.07, 6.45) is 5.24. The molecule has 1 aliphatic rings. The normalized spacial score (nSPS) is 15.0. The van der Waals surface area contributed by atoms with Gasteiger partial charge in [-0.25, -0.2) is 0 Å². The van der Waals surface area contributed by atoms with Crippen molar-refractivity contribution >= 4 is 17.4 Å². The van der Waals surface area contributed by atoms with Crippen molar-refractivity contribution in [2.75, 3.05) is 6.61 Å². The molecule has 0 saturated heterocycles. The molecule has 1 fully saturated rings. The molecule has 1 saturated carbocycles. The summed E-state index contributed by atoms with van der Waals surface area (Å²) < 4.78 is 5.59. The summed E-state index contributed by atoms with van der Waals surface area (Å²) in [6.45, 7) is 0.0460. The van der Waals surface area contributed by atoms with Crippen LogP contribution >= 0.6 is 11.6 Å². The summed E-state index contributed by atoms with van der Waals surface area (Å²) in [7, 11) is 0. The van der Waals surface area contributed by atoms with E-state index in [4.69, 9.17) is 16.3 Å². The lowest BCUT2D eigenvalue weighted by molar-refractivity contribution is 0.0921. The molecule has 0 atom stereocenters. The first kappa shape index (κ1) is 15.1. The number of carbonyl (C=O) groups is 1. The van der Waals surface area contributed by atoms with Gasteiger partial charge in [-0.1, -0.05) is 36.6 Å².